The van der Waals surface area contributed by atoms with Gasteiger partial charge in [0.15, 0.2) is 9.84 Å². The molecule has 0 aromatic carbocycles. The number of rotatable bonds is 4. The molecular weight excluding hydrogens is 262 g/mol. The smallest absolute Gasteiger partial charge is 0.153 e. The molecular formula is C13H21N3O2S. The second-order valence-electron chi connectivity index (χ2n) is 5.04. The third-order valence-electron chi connectivity index (χ3n) is 3.50. The molecule has 0 aliphatic carbocycles. The van der Waals surface area contributed by atoms with Crippen LogP contribution in [-0.4, -0.2) is 44.0 Å². The molecule has 0 saturated carbocycles. The first-order valence-corrected chi connectivity index (χ1v) is 8.48. The third kappa shape index (κ3) is 3.91. The fraction of sp³-hybridized carbons (Fsp3) is 0.615. The molecule has 1 atom stereocenters. The van der Waals surface area contributed by atoms with Crippen LogP contribution in [0.3, 0.4) is 0 Å². The highest BCUT2D eigenvalue weighted by atomic mass is 32.2. The minimum atomic E-state index is -2.84. The van der Waals surface area contributed by atoms with E-state index in [4.69, 9.17) is 5.73 Å². The maximum absolute atomic E-state index is 11.4. The fourth-order valence-electron chi connectivity index (χ4n) is 2.11. The van der Waals surface area contributed by atoms with E-state index in [-0.39, 0.29) is 17.5 Å². The molecule has 106 valence electrons. The monoisotopic (exact) mass is 283 g/mol. The second kappa shape index (κ2) is 5.88. The van der Waals surface area contributed by atoms with Crippen LogP contribution in [0.15, 0.2) is 18.3 Å². The van der Waals surface area contributed by atoms with Crippen LogP contribution in [0.5, 0.6) is 0 Å². The van der Waals surface area contributed by atoms with Gasteiger partial charge >= 0.3 is 0 Å². The molecule has 1 aliphatic rings. The summed E-state index contributed by atoms with van der Waals surface area (Å²) in [6.45, 7) is 3.13. The Morgan fingerprint density at radius 1 is 1.37 bits per heavy atom. The molecule has 0 bridgehead atoms. The average Bonchev–Trinajstić information content (AvgIpc) is 2.40. The number of hydrogen-bond acceptors (Lipinski definition) is 5. The average molecular weight is 283 g/mol. The number of anilines is 1. The molecule has 1 saturated heterocycles. The van der Waals surface area contributed by atoms with E-state index < -0.39 is 9.84 Å². The van der Waals surface area contributed by atoms with Gasteiger partial charge in [0.2, 0.25) is 0 Å². The molecule has 19 heavy (non-hydrogen) atoms. The van der Waals surface area contributed by atoms with Gasteiger partial charge in [0.05, 0.1) is 11.5 Å². The molecule has 2 rings (SSSR count). The number of nitrogens with zero attached hydrogens (tertiary/aromatic N) is 2. The van der Waals surface area contributed by atoms with Gasteiger partial charge in [-0.15, -0.1) is 0 Å². The van der Waals surface area contributed by atoms with Gasteiger partial charge in [0.25, 0.3) is 0 Å². The lowest BCUT2D eigenvalue weighted by Gasteiger charge is -2.27. The molecule has 1 unspecified atom stereocenters. The lowest BCUT2D eigenvalue weighted by atomic mass is 10.1. The SMILES string of the molecule is CCC(N)Cc1ccc(N2CCS(=O)(=O)CC2)nc1. The van der Waals surface area contributed by atoms with Crippen molar-refractivity contribution in [3.8, 4) is 0 Å². The summed E-state index contributed by atoms with van der Waals surface area (Å²) in [5.41, 5.74) is 7.04. The second-order valence-corrected chi connectivity index (χ2v) is 7.34. The predicted octanol–water partition coefficient (Wildman–Crippen LogP) is 0.596. The summed E-state index contributed by atoms with van der Waals surface area (Å²) in [5, 5.41) is 0. The van der Waals surface area contributed by atoms with Crippen molar-refractivity contribution in [1.29, 1.82) is 0 Å². The van der Waals surface area contributed by atoms with Gasteiger partial charge in [-0.25, -0.2) is 13.4 Å². The van der Waals surface area contributed by atoms with Crippen molar-refractivity contribution < 1.29 is 8.42 Å². The minimum absolute atomic E-state index is 0.174. The highest BCUT2D eigenvalue weighted by Crippen LogP contribution is 2.15. The first-order valence-electron chi connectivity index (χ1n) is 6.66. The van der Waals surface area contributed by atoms with Gasteiger partial charge in [-0.2, -0.15) is 0 Å². The number of aromatic nitrogens is 1. The minimum Gasteiger partial charge on any atom is -0.355 e. The third-order valence-corrected chi connectivity index (χ3v) is 5.11. The summed E-state index contributed by atoms with van der Waals surface area (Å²) in [5.74, 6) is 1.29. The van der Waals surface area contributed by atoms with Crippen molar-refractivity contribution in [3.63, 3.8) is 0 Å². The van der Waals surface area contributed by atoms with Crippen LogP contribution in [0.4, 0.5) is 5.82 Å². The summed E-state index contributed by atoms with van der Waals surface area (Å²) in [4.78, 5) is 6.43. The fourth-order valence-corrected chi connectivity index (χ4v) is 3.31. The molecule has 0 radical (unpaired) electrons. The van der Waals surface area contributed by atoms with Crippen LogP contribution in [0.2, 0.25) is 0 Å². The first kappa shape index (κ1) is 14.3. The Morgan fingerprint density at radius 2 is 2.05 bits per heavy atom. The van der Waals surface area contributed by atoms with Gasteiger partial charge in [0.1, 0.15) is 5.82 Å². The van der Waals surface area contributed by atoms with E-state index in [0.717, 1.165) is 24.2 Å². The molecule has 6 heteroatoms. The number of nitrogens with two attached hydrogens (primary N) is 1. The highest BCUT2D eigenvalue weighted by Gasteiger charge is 2.22. The Bertz CT molecular complexity index is 499. The normalized spacial score (nSPS) is 20.2. The molecule has 1 aromatic rings. The molecule has 0 spiro atoms. The van der Waals surface area contributed by atoms with Crippen molar-refractivity contribution in [2.24, 2.45) is 5.73 Å². The van der Waals surface area contributed by atoms with Crippen molar-refractivity contribution in [2.45, 2.75) is 25.8 Å². The Morgan fingerprint density at radius 3 is 2.58 bits per heavy atom. The van der Waals surface area contributed by atoms with Crippen molar-refractivity contribution in [3.05, 3.63) is 23.9 Å². The summed E-state index contributed by atoms with van der Waals surface area (Å²) >= 11 is 0. The zero-order chi connectivity index (χ0) is 13.9. The Hall–Kier alpha value is -1.14. The summed E-state index contributed by atoms with van der Waals surface area (Å²) in [7, 11) is -2.84. The first-order chi connectivity index (χ1) is 9.00. The maximum atomic E-state index is 11.4. The molecule has 2 N–H and O–H groups in total. The van der Waals surface area contributed by atoms with Crippen LogP contribution in [0.1, 0.15) is 18.9 Å². The van der Waals surface area contributed by atoms with E-state index in [1.54, 1.807) is 0 Å². The number of hydrogen-bond donors (Lipinski definition) is 1. The molecule has 1 aromatic heterocycles. The quantitative estimate of drug-likeness (QED) is 0.875. The van der Waals surface area contributed by atoms with Gasteiger partial charge in [-0.05, 0) is 24.5 Å². The van der Waals surface area contributed by atoms with E-state index in [2.05, 4.69) is 11.9 Å². The van der Waals surface area contributed by atoms with Crippen LogP contribution < -0.4 is 10.6 Å². The topological polar surface area (TPSA) is 76.3 Å². The van der Waals surface area contributed by atoms with Crippen molar-refractivity contribution in [1.82, 2.24) is 4.98 Å². The van der Waals surface area contributed by atoms with E-state index in [9.17, 15) is 8.42 Å². The molecule has 1 aliphatic heterocycles. The zero-order valence-electron chi connectivity index (χ0n) is 11.2. The predicted molar refractivity (Wildman–Crippen MR) is 77.1 cm³/mol. The maximum Gasteiger partial charge on any atom is 0.153 e. The molecule has 1 fully saturated rings. The standard InChI is InChI=1S/C13H21N3O2S/c1-2-12(14)9-11-3-4-13(15-10-11)16-5-7-19(17,18)8-6-16/h3-4,10,12H,2,5-9,14H2,1H3. The summed E-state index contributed by atoms with van der Waals surface area (Å²) in [6.07, 6.45) is 3.62. The highest BCUT2D eigenvalue weighted by molar-refractivity contribution is 7.91. The lowest BCUT2D eigenvalue weighted by Crippen LogP contribution is -2.40. The van der Waals surface area contributed by atoms with E-state index >= 15 is 0 Å². The van der Waals surface area contributed by atoms with Crippen LogP contribution in [-0.2, 0) is 16.3 Å². The van der Waals surface area contributed by atoms with E-state index in [1.165, 1.54) is 0 Å². The van der Waals surface area contributed by atoms with Gasteiger partial charge in [-0.1, -0.05) is 13.0 Å². The van der Waals surface area contributed by atoms with E-state index in [1.807, 2.05) is 23.2 Å². The van der Waals surface area contributed by atoms with Crippen molar-refractivity contribution in [2.75, 3.05) is 29.5 Å². The zero-order valence-corrected chi connectivity index (χ0v) is 12.1. The van der Waals surface area contributed by atoms with Gasteiger partial charge in [0, 0.05) is 25.3 Å². The van der Waals surface area contributed by atoms with E-state index in [0.29, 0.717) is 13.1 Å². The van der Waals surface area contributed by atoms with Crippen LogP contribution in [0.25, 0.3) is 0 Å². The molecule has 5 nitrogen and oxygen atoms in total. The summed E-state index contributed by atoms with van der Waals surface area (Å²) < 4.78 is 22.7. The Labute approximate surface area is 114 Å². The van der Waals surface area contributed by atoms with Crippen LogP contribution >= 0.6 is 0 Å². The number of sulfone groups is 1. The molecule has 0 amide bonds. The molecule has 2 heterocycles. The Kier molecular flexibility index (Phi) is 4.42. The number of pyridine rings is 1. The Balaban J connectivity index is 1.99. The largest absolute Gasteiger partial charge is 0.355 e. The summed E-state index contributed by atoms with van der Waals surface area (Å²) in [6, 6.07) is 4.16. The van der Waals surface area contributed by atoms with Crippen molar-refractivity contribution >= 4 is 15.7 Å². The van der Waals surface area contributed by atoms with Crippen LogP contribution in [0, 0.1) is 0 Å². The van der Waals surface area contributed by atoms with Gasteiger partial charge in [-0.3, -0.25) is 0 Å². The lowest BCUT2D eigenvalue weighted by molar-refractivity contribution is 0.586. The van der Waals surface area contributed by atoms with Gasteiger partial charge < -0.3 is 10.6 Å².